The quantitative estimate of drug-likeness (QED) is 0.176. The fraction of sp³-hybridized carbons (Fsp3) is 0.450. The van der Waals surface area contributed by atoms with Gasteiger partial charge in [0.25, 0.3) is 0 Å². The molecule has 0 saturated carbocycles. The van der Waals surface area contributed by atoms with Gasteiger partial charge in [-0.1, -0.05) is 30.3 Å². The van der Waals surface area contributed by atoms with Crippen molar-refractivity contribution in [1.82, 2.24) is 16.0 Å². The number of hydrogen-bond donors (Lipinski definition) is 7. The van der Waals surface area contributed by atoms with Gasteiger partial charge in [0, 0.05) is 12.8 Å². The standard InChI is InChI=1S/C20H28N4O8/c1-11(25)17(21)20(32)24-14(9-12-5-3-2-4-6-12)19(31)23-13(7-8-15(26)27)18(30)22-10-16(28)29/h2-6,11,13-14,17,25H,7-10,21H2,1H3,(H,22,30)(H,23,31)(H,24,32)(H,26,27)(H,28,29). The highest BCUT2D eigenvalue weighted by molar-refractivity contribution is 5.94. The average Bonchev–Trinajstić information content (AvgIpc) is 2.74. The second-order valence-electron chi connectivity index (χ2n) is 7.12. The smallest absolute Gasteiger partial charge is 0.322 e. The maximum absolute atomic E-state index is 12.9. The number of nitrogens with one attached hydrogen (secondary N) is 3. The molecule has 0 aliphatic rings. The van der Waals surface area contributed by atoms with Crippen LogP contribution >= 0.6 is 0 Å². The number of rotatable bonds is 13. The zero-order valence-corrected chi connectivity index (χ0v) is 17.5. The van der Waals surface area contributed by atoms with Gasteiger partial charge in [-0.15, -0.1) is 0 Å². The number of aliphatic hydroxyl groups excluding tert-OH is 1. The van der Waals surface area contributed by atoms with Gasteiger partial charge < -0.3 is 37.0 Å². The molecule has 1 aromatic rings. The van der Waals surface area contributed by atoms with Crippen LogP contribution < -0.4 is 21.7 Å². The minimum atomic E-state index is -1.35. The van der Waals surface area contributed by atoms with Crippen LogP contribution in [0.25, 0.3) is 0 Å². The van der Waals surface area contributed by atoms with Crippen LogP contribution in [0.4, 0.5) is 0 Å². The number of carbonyl (C=O) groups excluding carboxylic acids is 3. The van der Waals surface area contributed by atoms with Crippen molar-refractivity contribution in [3.05, 3.63) is 35.9 Å². The van der Waals surface area contributed by atoms with Crippen molar-refractivity contribution in [2.24, 2.45) is 5.73 Å². The molecule has 0 fully saturated rings. The van der Waals surface area contributed by atoms with Gasteiger partial charge >= 0.3 is 11.9 Å². The van der Waals surface area contributed by atoms with Crippen LogP contribution in [-0.2, 0) is 30.4 Å². The third kappa shape index (κ3) is 9.53. The first kappa shape index (κ1) is 26.5. The Labute approximate surface area is 184 Å². The zero-order valence-electron chi connectivity index (χ0n) is 17.5. The van der Waals surface area contributed by atoms with E-state index in [0.717, 1.165) is 0 Å². The molecule has 0 heterocycles. The molecule has 4 atom stereocenters. The largest absolute Gasteiger partial charge is 0.481 e. The van der Waals surface area contributed by atoms with Gasteiger partial charge in [-0.3, -0.25) is 24.0 Å². The molecule has 0 radical (unpaired) electrons. The number of carbonyl (C=O) groups is 5. The second-order valence-corrected chi connectivity index (χ2v) is 7.12. The van der Waals surface area contributed by atoms with Crippen molar-refractivity contribution in [3.8, 4) is 0 Å². The fourth-order valence-corrected chi connectivity index (χ4v) is 2.64. The summed E-state index contributed by atoms with van der Waals surface area (Å²) in [6.07, 6.45) is -1.92. The Morgan fingerprint density at radius 2 is 1.50 bits per heavy atom. The highest BCUT2D eigenvalue weighted by Gasteiger charge is 2.29. The number of hydrogen-bond acceptors (Lipinski definition) is 7. The van der Waals surface area contributed by atoms with Crippen LogP contribution in [-0.4, -0.2) is 75.8 Å². The van der Waals surface area contributed by atoms with Crippen LogP contribution in [0.5, 0.6) is 0 Å². The van der Waals surface area contributed by atoms with Gasteiger partial charge in [-0.25, -0.2) is 0 Å². The van der Waals surface area contributed by atoms with Crippen LogP contribution in [0.15, 0.2) is 30.3 Å². The highest BCUT2D eigenvalue weighted by atomic mass is 16.4. The molecule has 8 N–H and O–H groups in total. The minimum Gasteiger partial charge on any atom is -0.481 e. The molecule has 1 aromatic carbocycles. The molecule has 1 rings (SSSR count). The molecule has 12 nitrogen and oxygen atoms in total. The van der Waals surface area contributed by atoms with Crippen molar-refractivity contribution >= 4 is 29.7 Å². The molecule has 12 heteroatoms. The Hall–Kier alpha value is -3.51. The van der Waals surface area contributed by atoms with Gasteiger partial charge in [-0.05, 0) is 18.9 Å². The highest BCUT2D eigenvalue weighted by Crippen LogP contribution is 2.06. The number of carboxylic acid groups (broad SMARTS) is 2. The van der Waals surface area contributed by atoms with E-state index in [1.807, 2.05) is 0 Å². The first-order valence-corrected chi connectivity index (χ1v) is 9.80. The van der Waals surface area contributed by atoms with E-state index in [4.69, 9.17) is 15.9 Å². The first-order valence-electron chi connectivity index (χ1n) is 9.80. The van der Waals surface area contributed by atoms with E-state index in [2.05, 4.69) is 16.0 Å². The lowest BCUT2D eigenvalue weighted by atomic mass is 10.0. The fourth-order valence-electron chi connectivity index (χ4n) is 2.64. The van der Waals surface area contributed by atoms with E-state index in [9.17, 15) is 29.1 Å². The lowest BCUT2D eigenvalue weighted by Crippen LogP contribution is -2.58. The summed E-state index contributed by atoms with van der Waals surface area (Å²) in [5, 5.41) is 34.0. The van der Waals surface area contributed by atoms with E-state index < -0.39 is 66.9 Å². The molecule has 0 aromatic heterocycles. The van der Waals surface area contributed by atoms with E-state index in [-0.39, 0.29) is 12.8 Å². The summed E-state index contributed by atoms with van der Waals surface area (Å²) in [6.45, 7) is 0.594. The number of nitrogens with two attached hydrogens (primary N) is 1. The van der Waals surface area contributed by atoms with Gasteiger partial charge in [0.15, 0.2) is 0 Å². The molecule has 0 bridgehead atoms. The van der Waals surface area contributed by atoms with E-state index >= 15 is 0 Å². The normalized spacial score (nSPS) is 14.3. The number of amides is 3. The molecule has 0 spiro atoms. The van der Waals surface area contributed by atoms with Gasteiger partial charge in [0.05, 0.1) is 6.10 Å². The average molecular weight is 452 g/mol. The number of aliphatic carboxylic acids is 2. The predicted molar refractivity (Wildman–Crippen MR) is 111 cm³/mol. The third-order valence-electron chi connectivity index (χ3n) is 4.43. The van der Waals surface area contributed by atoms with Crippen molar-refractivity contribution in [2.45, 2.75) is 50.4 Å². The van der Waals surface area contributed by atoms with Gasteiger partial charge in [-0.2, -0.15) is 0 Å². The topological polar surface area (TPSA) is 208 Å². The molecule has 32 heavy (non-hydrogen) atoms. The lowest BCUT2D eigenvalue weighted by Gasteiger charge is -2.24. The molecular weight excluding hydrogens is 424 g/mol. The maximum atomic E-state index is 12.9. The Bertz CT molecular complexity index is 815. The third-order valence-corrected chi connectivity index (χ3v) is 4.43. The number of aliphatic hydroxyl groups is 1. The monoisotopic (exact) mass is 452 g/mol. The summed E-state index contributed by atoms with van der Waals surface area (Å²) in [7, 11) is 0. The van der Waals surface area contributed by atoms with E-state index in [1.165, 1.54) is 6.92 Å². The van der Waals surface area contributed by atoms with Crippen LogP contribution in [0.1, 0.15) is 25.3 Å². The number of carboxylic acids is 2. The SMILES string of the molecule is CC(O)C(N)C(=O)NC(Cc1ccccc1)C(=O)NC(CCC(=O)O)C(=O)NCC(=O)O. The van der Waals surface area contributed by atoms with Crippen LogP contribution in [0.2, 0.25) is 0 Å². The minimum absolute atomic E-state index is 0.0212. The molecule has 4 unspecified atom stereocenters. The van der Waals surface area contributed by atoms with Gasteiger partial charge in [0.2, 0.25) is 17.7 Å². The van der Waals surface area contributed by atoms with Gasteiger partial charge in [0.1, 0.15) is 24.7 Å². The summed E-state index contributed by atoms with van der Waals surface area (Å²) >= 11 is 0. The number of benzene rings is 1. The van der Waals surface area contributed by atoms with E-state index in [0.29, 0.717) is 5.56 Å². The second kappa shape index (κ2) is 13.0. The Balaban J connectivity index is 3.03. The molecule has 0 aliphatic carbocycles. The summed E-state index contributed by atoms with van der Waals surface area (Å²) in [6, 6.07) is 4.78. The summed E-state index contributed by atoms with van der Waals surface area (Å²) in [5.41, 5.74) is 6.30. The summed E-state index contributed by atoms with van der Waals surface area (Å²) < 4.78 is 0. The zero-order chi connectivity index (χ0) is 24.3. The Kier molecular flexibility index (Phi) is 10.8. The predicted octanol–water partition coefficient (Wildman–Crippen LogP) is -2.03. The first-order chi connectivity index (χ1) is 15.0. The lowest BCUT2D eigenvalue weighted by molar-refractivity contribution is -0.140. The van der Waals surface area contributed by atoms with Crippen molar-refractivity contribution in [2.75, 3.05) is 6.54 Å². The molecule has 0 saturated heterocycles. The Morgan fingerprint density at radius 3 is 2.03 bits per heavy atom. The van der Waals surface area contributed by atoms with Crippen molar-refractivity contribution in [3.63, 3.8) is 0 Å². The molecule has 3 amide bonds. The molecule has 0 aliphatic heterocycles. The summed E-state index contributed by atoms with van der Waals surface area (Å²) in [5.74, 6) is -5.02. The summed E-state index contributed by atoms with van der Waals surface area (Å²) in [4.78, 5) is 59.1. The van der Waals surface area contributed by atoms with Crippen LogP contribution in [0, 0.1) is 0 Å². The molecule has 176 valence electrons. The Morgan fingerprint density at radius 1 is 0.906 bits per heavy atom. The molecular formula is C20H28N4O8. The van der Waals surface area contributed by atoms with Crippen LogP contribution in [0.3, 0.4) is 0 Å². The maximum Gasteiger partial charge on any atom is 0.322 e. The van der Waals surface area contributed by atoms with Crippen molar-refractivity contribution in [1.29, 1.82) is 0 Å². The van der Waals surface area contributed by atoms with E-state index in [1.54, 1.807) is 30.3 Å². The van der Waals surface area contributed by atoms with Crippen molar-refractivity contribution < 1.29 is 39.3 Å².